The molecule has 3 rings (SSSR count). The Labute approximate surface area is 154 Å². The van der Waals surface area contributed by atoms with Crippen molar-refractivity contribution in [1.29, 1.82) is 5.41 Å². The Morgan fingerprint density at radius 2 is 1.96 bits per heavy atom. The summed E-state index contributed by atoms with van der Waals surface area (Å²) in [6.07, 6.45) is 6.80. The molecule has 1 saturated carbocycles. The quantitative estimate of drug-likeness (QED) is 0.812. The van der Waals surface area contributed by atoms with Gasteiger partial charge in [0.2, 0.25) is 0 Å². The SMILES string of the molecule is CN1C(=N)NC(COCc2ccc(Cl)cc2)(CC2CCCCC2)C1=O. The van der Waals surface area contributed by atoms with Gasteiger partial charge in [-0.15, -0.1) is 0 Å². The lowest BCUT2D eigenvalue weighted by Crippen LogP contribution is -2.52. The van der Waals surface area contributed by atoms with E-state index in [2.05, 4.69) is 5.32 Å². The van der Waals surface area contributed by atoms with Crippen LogP contribution in [0.25, 0.3) is 0 Å². The Kier molecular flexibility index (Phi) is 5.64. The third kappa shape index (κ3) is 4.15. The molecule has 0 spiro atoms. The highest BCUT2D eigenvalue weighted by Crippen LogP contribution is 2.33. The van der Waals surface area contributed by atoms with Crippen LogP contribution in [0.2, 0.25) is 5.02 Å². The molecule has 2 fully saturated rings. The second-order valence-corrected chi connectivity index (χ2v) is 7.68. The van der Waals surface area contributed by atoms with Crippen molar-refractivity contribution in [2.45, 2.75) is 50.7 Å². The van der Waals surface area contributed by atoms with Gasteiger partial charge in [-0.3, -0.25) is 15.1 Å². The zero-order valence-electron chi connectivity index (χ0n) is 14.7. The zero-order chi connectivity index (χ0) is 17.9. The van der Waals surface area contributed by atoms with E-state index in [0.717, 1.165) is 24.8 Å². The summed E-state index contributed by atoms with van der Waals surface area (Å²) in [7, 11) is 1.65. The number of ether oxygens (including phenoxy) is 1. The predicted octanol–water partition coefficient (Wildman–Crippen LogP) is 3.56. The van der Waals surface area contributed by atoms with Crippen LogP contribution in [0.5, 0.6) is 0 Å². The van der Waals surface area contributed by atoms with Crippen LogP contribution in [0.3, 0.4) is 0 Å². The molecule has 1 aromatic rings. The fraction of sp³-hybridized carbons (Fsp3) is 0.579. The van der Waals surface area contributed by atoms with E-state index in [1.54, 1.807) is 7.05 Å². The lowest BCUT2D eigenvalue weighted by atomic mass is 9.79. The van der Waals surface area contributed by atoms with Crippen LogP contribution in [0.4, 0.5) is 0 Å². The van der Waals surface area contributed by atoms with E-state index in [-0.39, 0.29) is 18.5 Å². The highest BCUT2D eigenvalue weighted by molar-refractivity contribution is 6.30. The number of halogens is 1. The number of carbonyl (C=O) groups is 1. The van der Waals surface area contributed by atoms with Crippen molar-refractivity contribution in [2.24, 2.45) is 5.92 Å². The van der Waals surface area contributed by atoms with E-state index >= 15 is 0 Å². The van der Waals surface area contributed by atoms with Crippen molar-refractivity contribution in [2.75, 3.05) is 13.7 Å². The maximum atomic E-state index is 12.8. The average molecular weight is 364 g/mol. The molecular weight excluding hydrogens is 338 g/mol. The summed E-state index contributed by atoms with van der Waals surface area (Å²) in [6.45, 7) is 0.702. The molecule has 1 saturated heterocycles. The monoisotopic (exact) mass is 363 g/mol. The van der Waals surface area contributed by atoms with Gasteiger partial charge >= 0.3 is 0 Å². The summed E-state index contributed by atoms with van der Waals surface area (Å²) < 4.78 is 5.91. The molecule has 1 aromatic carbocycles. The fourth-order valence-corrected chi connectivity index (χ4v) is 4.02. The standard InChI is InChI=1S/C19H26ClN3O2/c1-23-17(24)19(22-18(23)21,11-14-5-3-2-4-6-14)13-25-12-15-7-9-16(20)10-8-15/h7-10,14H,2-6,11-13H2,1H3,(H2,21,22). The summed E-state index contributed by atoms with van der Waals surface area (Å²) in [5.74, 6) is 0.624. The Morgan fingerprint density at radius 3 is 2.56 bits per heavy atom. The Morgan fingerprint density at radius 1 is 1.28 bits per heavy atom. The van der Waals surface area contributed by atoms with Crippen molar-refractivity contribution in [3.05, 3.63) is 34.9 Å². The summed E-state index contributed by atoms with van der Waals surface area (Å²) in [6, 6.07) is 7.52. The molecule has 1 atom stereocenters. The minimum absolute atomic E-state index is 0.0563. The maximum absolute atomic E-state index is 12.8. The molecule has 5 nitrogen and oxygen atoms in total. The number of likely N-dealkylation sites (N-methyl/N-ethyl adjacent to an activating group) is 1. The van der Waals surface area contributed by atoms with Crippen LogP contribution in [-0.4, -0.2) is 36.0 Å². The molecule has 136 valence electrons. The Balaban J connectivity index is 1.67. The third-order valence-corrected chi connectivity index (χ3v) is 5.55. The molecule has 1 aliphatic carbocycles. The van der Waals surface area contributed by atoms with Crippen LogP contribution >= 0.6 is 11.6 Å². The molecule has 0 aromatic heterocycles. The molecule has 2 N–H and O–H groups in total. The number of amides is 1. The van der Waals surface area contributed by atoms with Gasteiger partial charge in [-0.2, -0.15) is 0 Å². The highest BCUT2D eigenvalue weighted by atomic mass is 35.5. The van der Waals surface area contributed by atoms with Crippen LogP contribution in [0, 0.1) is 11.3 Å². The number of guanidine groups is 1. The number of rotatable bonds is 6. The largest absolute Gasteiger partial charge is 0.374 e. The topological polar surface area (TPSA) is 65.4 Å². The second kappa shape index (κ2) is 7.75. The van der Waals surface area contributed by atoms with Crippen molar-refractivity contribution < 1.29 is 9.53 Å². The van der Waals surface area contributed by atoms with Gasteiger partial charge in [0.25, 0.3) is 5.91 Å². The lowest BCUT2D eigenvalue weighted by Gasteiger charge is -2.32. The van der Waals surface area contributed by atoms with Gasteiger partial charge in [0.1, 0.15) is 5.54 Å². The number of hydrogen-bond acceptors (Lipinski definition) is 3. The molecule has 0 bridgehead atoms. The summed E-state index contributed by atoms with van der Waals surface area (Å²) in [4.78, 5) is 14.2. The molecule has 1 aliphatic heterocycles. The van der Waals surface area contributed by atoms with Gasteiger partial charge < -0.3 is 10.1 Å². The van der Waals surface area contributed by atoms with E-state index in [9.17, 15) is 4.79 Å². The van der Waals surface area contributed by atoms with Crippen LogP contribution < -0.4 is 5.32 Å². The number of carbonyl (C=O) groups excluding carboxylic acids is 1. The molecular formula is C19H26ClN3O2. The minimum Gasteiger partial charge on any atom is -0.374 e. The average Bonchev–Trinajstić information content (AvgIpc) is 2.82. The van der Waals surface area contributed by atoms with Gasteiger partial charge in [-0.05, 0) is 30.0 Å². The van der Waals surface area contributed by atoms with Crippen molar-refractivity contribution in [3.8, 4) is 0 Å². The second-order valence-electron chi connectivity index (χ2n) is 7.25. The number of benzene rings is 1. The van der Waals surface area contributed by atoms with E-state index in [4.69, 9.17) is 21.7 Å². The molecule has 2 aliphatic rings. The van der Waals surface area contributed by atoms with Gasteiger partial charge in [0.05, 0.1) is 13.2 Å². The van der Waals surface area contributed by atoms with Gasteiger partial charge in [0.15, 0.2) is 5.96 Å². The lowest BCUT2D eigenvalue weighted by molar-refractivity contribution is -0.133. The van der Waals surface area contributed by atoms with Gasteiger partial charge in [0, 0.05) is 12.1 Å². The normalized spacial score (nSPS) is 24.6. The van der Waals surface area contributed by atoms with Gasteiger partial charge in [-0.1, -0.05) is 55.8 Å². The minimum atomic E-state index is -0.805. The first kappa shape index (κ1) is 18.2. The zero-order valence-corrected chi connectivity index (χ0v) is 15.4. The first-order valence-corrected chi connectivity index (χ1v) is 9.35. The maximum Gasteiger partial charge on any atom is 0.257 e. The van der Waals surface area contributed by atoms with Crippen molar-refractivity contribution in [3.63, 3.8) is 0 Å². The molecule has 1 heterocycles. The first-order chi connectivity index (χ1) is 12.0. The smallest absolute Gasteiger partial charge is 0.257 e. The summed E-state index contributed by atoms with van der Waals surface area (Å²) in [5.41, 5.74) is 0.214. The predicted molar refractivity (Wildman–Crippen MR) is 98.7 cm³/mol. The van der Waals surface area contributed by atoms with E-state index in [0.29, 0.717) is 17.5 Å². The van der Waals surface area contributed by atoms with E-state index in [1.807, 2.05) is 24.3 Å². The Bertz CT molecular complexity index is 628. The number of nitrogens with one attached hydrogen (secondary N) is 2. The summed E-state index contributed by atoms with van der Waals surface area (Å²) in [5, 5.41) is 11.8. The molecule has 1 unspecified atom stereocenters. The molecule has 6 heteroatoms. The molecule has 0 radical (unpaired) electrons. The van der Waals surface area contributed by atoms with E-state index in [1.165, 1.54) is 24.2 Å². The van der Waals surface area contributed by atoms with Crippen LogP contribution in [-0.2, 0) is 16.1 Å². The van der Waals surface area contributed by atoms with Crippen molar-refractivity contribution in [1.82, 2.24) is 10.2 Å². The fourth-order valence-electron chi connectivity index (χ4n) is 3.89. The van der Waals surface area contributed by atoms with Gasteiger partial charge in [-0.25, -0.2) is 0 Å². The van der Waals surface area contributed by atoms with Crippen LogP contribution in [0.15, 0.2) is 24.3 Å². The molecule has 1 amide bonds. The number of nitrogens with zero attached hydrogens (tertiary/aromatic N) is 1. The van der Waals surface area contributed by atoms with Crippen LogP contribution in [0.1, 0.15) is 44.1 Å². The highest BCUT2D eigenvalue weighted by Gasteiger charge is 2.49. The van der Waals surface area contributed by atoms with Crippen molar-refractivity contribution >= 4 is 23.5 Å². The third-order valence-electron chi connectivity index (χ3n) is 5.30. The summed E-state index contributed by atoms with van der Waals surface area (Å²) >= 11 is 5.91. The first-order valence-electron chi connectivity index (χ1n) is 8.97. The Hall–Kier alpha value is -1.59. The number of hydrogen-bond donors (Lipinski definition) is 2. The molecule has 25 heavy (non-hydrogen) atoms. The van der Waals surface area contributed by atoms with E-state index < -0.39 is 5.54 Å².